The highest BCUT2D eigenvalue weighted by atomic mass is 35.5. The van der Waals surface area contributed by atoms with Gasteiger partial charge in [0.15, 0.2) is 5.82 Å². The Morgan fingerprint density at radius 3 is 2.69 bits per heavy atom. The summed E-state index contributed by atoms with van der Waals surface area (Å²) < 4.78 is 14.0. The van der Waals surface area contributed by atoms with Crippen LogP contribution in [0.15, 0.2) is 41.3 Å². The fourth-order valence-corrected chi connectivity index (χ4v) is 1.46. The summed E-state index contributed by atoms with van der Waals surface area (Å²) >= 11 is 5.50. The number of rotatable bonds is 2. The van der Waals surface area contributed by atoms with Crippen LogP contribution in [0.25, 0.3) is 0 Å². The Morgan fingerprint density at radius 1 is 1.31 bits per heavy atom. The van der Waals surface area contributed by atoms with Gasteiger partial charge in [0.25, 0.3) is 5.56 Å². The fraction of sp³-hybridized carbons (Fsp3) is 0.0909. The fourth-order valence-electron chi connectivity index (χ4n) is 1.31. The first-order chi connectivity index (χ1) is 7.68. The van der Waals surface area contributed by atoms with Crippen LogP contribution < -0.4 is 5.56 Å². The molecule has 0 saturated carbocycles. The van der Waals surface area contributed by atoms with Gasteiger partial charge < -0.3 is 0 Å². The molecule has 0 bridgehead atoms. The van der Waals surface area contributed by atoms with Crippen LogP contribution in [0.3, 0.4) is 0 Å². The van der Waals surface area contributed by atoms with Gasteiger partial charge in [-0.1, -0.05) is 41.9 Å². The van der Waals surface area contributed by atoms with Crippen LogP contribution in [-0.4, -0.2) is 9.78 Å². The normalized spacial score (nSPS) is 10.4. The summed E-state index contributed by atoms with van der Waals surface area (Å²) in [4.78, 5) is 11.5. The number of aromatic nitrogens is 2. The quantitative estimate of drug-likeness (QED) is 0.803. The minimum atomic E-state index is -0.795. The Morgan fingerprint density at radius 2 is 2.00 bits per heavy atom. The van der Waals surface area contributed by atoms with E-state index in [0.29, 0.717) is 0 Å². The van der Waals surface area contributed by atoms with Crippen molar-refractivity contribution in [3.8, 4) is 0 Å². The predicted octanol–water partition coefficient (Wildman–Crippen LogP) is 2.08. The molecule has 0 aliphatic carbocycles. The molecule has 82 valence electrons. The van der Waals surface area contributed by atoms with Crippen LogP contribution in [0.2, 0.25) is 5.02 Å². The Hall–Kier alpha value is -1.68. The molecular weight excluding hydrogens is 231 g/mol. The van der Waals surface area contributed by atoms with Crippen molar-refractivity contribution < 1.29 is 4.39 Å². The molecule has 0 N–H and O–H groups in total. The number of nitrogens with zero attached hydrogens (tertiary/aromatic N) is 2. The molecule has 0 amide bonds. The topological polar surface area (TPSA) is 34.9 Å². The van der Waals surface area contributed by atoms with Gasteiger partial charge >= 0.3 is 0 Å². The first-order valence-corrected chi connectivity index (χ1v) is 5.01. The summed E-state index contributed by atoms with van der Waals surface area (Å²) in [6, 6.07) is 9.28. The van der Waals surface area contributed by atoms with Crippen LogP contribution in [0.5, 0.6) is 0 Å². The summed E-state index contributed by atoms with van der Waals surface area (Å²) in [6.07, 6.45) is 0.937. The Kier molecular flexibility index (Phi) is 3.01. The lowest BCUT2D eigenvalue weighted by atomic mass is 10.2. The lowest BCUT2D eigenvalue weighted by Gasteiger charge is -2.04. The summed E-state index contributed by atoms with van der Waals surface area (Å²) in [5.41, 5.74) is 0.283. The zero-order chi connectivity index (χ0) is 11.5. The molecular formula is C11H8ClFN2O. The Bertz CT molecular complexity index is 554. The molecule has 0 fully saturated rings. The van der Waals surface area contributed by atoms with Crippen molar-refractivity contribution in [3.63, 3.8) is 0 Å². The van der Waals surface area contributed by atoms with E-state index in [-0.39, 0.29) is 6.54 Å². The van der Waals surface area contributed by atoms with Crippen LogP contribution in [0.1, 0.15) is 5.56 Å². The van der Waals surface area contributed by atoms with E-state index in [1.54, 1.807) is 0 Å². The second kappa shape index (κ2) is 4.45. The van der Waals surface area contributed by atoms with Crippen molar-refractivity contribution in [2.45, 2.75) is 6.54 Å². The average molecular weight is 239 g/mol. The third-order valence-electron chi connectivity index (χ3n) is 2.12. The van der Waals surface area contributed by atoms with E-state index in [4.69, 9.17) is 11.6 Å². The van der Waals surface area contributed by atoms with Crippen molar-refractivity contribution in [1.82, 2.24) is 9.78 Å². The Labute approximate surface area is 96.1 Å². The highest BCUT2D eigenvalue weighted by molar-refractivity contribution is 6.30. The summed E-state index contributed by atoms with van der Waals surface area (Å²) in [5.74, 6) is -0.795. The summed E-state index contributed by atoms with van der Waals surface area (Å²) in [6.45, 7) is 0.277. The lowest BCUT2D eigenvalue weighted by molar-refractivity contribution is 0.568. The van der Waals surface area contributed by atoms with Crippen LogP contribution in [0, 0.1) is 5.82 Å². The Balaban J connectivity index is 2.37. The van der Waals surface area contributed by atoms with E-state index in [0.717, 1.165) is 16.4 Å². The van der Waals surface area contributed by atoms with Crippen LogP contribution in [0.4, 0.5) is 4.39 Å². The molecule has 0 spiro atoms. The lowest BCUT2D eigenvalue weighted by Crippen LogP contribution is -2.24. The summed E-state index contributed by atoms with van der Waals surface area (Å²) in [5, 5.41) is 3.25. The molecule has 0 saturated heterocycles. The molecule has 1 aromatic heterocycles. The molecule has 3 nitrogen and oxygen atoms in total. The maximum Gasteiger partial charge on any atom is 0.288 e. The van der Waals surface area contributed by atoms with Crippen molar-refractivity contribution in [2.75, 3.05) is 0 Å². The maximum absolute atomic E-state index is 12.9. The number of halogens is 2. The van der Waals surface area contributed by atoms with Crippen LogP contribution >= 0.6 is 11.6 Å². The molecule has 0 unspecified atom stereocenters. The second-order valence-corrected chi connectivity index (χ2v) is 3.63. The zero-order valence-corrected chi connectivity index (χ0v) is 8.99. The minimum Gasteiger partial charge on any atom is -0.266 e. The van der Waals surface area contributed by atoms with Gasteiger partial charge in [0.2, 0.25) is 0 Å². The first kappa shape index (κ1) is 10.8. The van der Waals surface area contributed by atoms with E-state index < -0.39 is 16.4 Å². The predicted molar refractivity (Wildman–Crippen MR) is 59.0 cm³/mol. The molecule has 0 atom stereocenters. The summed E-state index contributed by atoms with van der Waals surface area (Å²) in [7, 11) is 0. The second-order valence-electron chi connectivity index (χ2n) is 3.25. The number of benzene rings is 1. The molecule has 0 aliphatic rings. The van der Waals surface area contributed by atoms with Gasteiger partial charge in [-0.3, -0.25) is 4.79 Å². The van der Waals surface area contributed by atoms with Crippen molar-refractivity contribution in [1.29, 1.82) is 0 Å². The largest absolute Gasteiger partial charge is 0.288 e. The van der Waals surface area contributed by atoms with Gasteiger partial charge in [-0.25, -0.2) is 9.07 Å². The maximum atomic E-state index is 12.9. The van der Waals surface area contributed by atoms with E-state index >= 15 is 0 Å². The third kappa shape index (κ3) is 2.12. The van der Waals surface area contributed by atoms with Gasteiger partial charge in [-0.05, 0) is 5.56 Å². The van der Waals surface area contributed by atoms with Gasteiger partial charge in [0.05, 0.1) is 12.7 Å². The first-order valence-electron chi connectivity index (χ1n) is 4.63. The zero-order valence-electron chi connectivity index (χ0n) is 8.23. The van der Waals surface area contributed by atoms with E-state index in [2.05, 4.69) is 5.10 Å². The number of hydrogen-bond acceptors (Lipinski definition) is 2. The molecule has 1 heterocycles. The van der Waals surface area contributed by atoms with Gasteiger partial charge in [0.1, 0.15) is 5.02 Å². The van der Waals surface area contributed by atoms with Gasteiger partial charge in [0, 0.05) is 0 Å². The molecule has 2 rings (SSSR count). The van der Waals surface area contributed by atoms with Crippen molar-refractivity contribution >= 4 is 11.6 Å². The molecule has 2 aromatic rings. The molecule has 1 aromatic carbocycles. The monoisotopic (exact) mass is 238 g/mol. The van der Waals surface area contributed by atoms with Gasteiger partial charge in [-0.15, -0.1) is 0 Å². The standard InChI is InChI=1S/C11H8ClFN2O/c12-10-9(13)6-14-15(11(10)16)7-8-4-2-1-3-5-8/h1-6H,7H2. The minimum absolute atomic E-state index is 0.277. The van der Waals surface area contributed by atoms with E-state index in [9.17, 15) is 9.18 Å². The average Bonchev–Trinajstić information content (AvgIpc) is 2.31. The smallest absolute Gasteiger partial charge is 0.266 e. The highest BCUT2D eigenvalue weighted by Gasteiger charge is 2.08. The van der Waals surface area contributed by atoms with Crippen LogP contribution in [-0.2, 0) is 6.54 Å². The number of hydrogen-bond donors (Lipinski definition) is 0. The SMILES string of the molecule is O=c1c(Cl)c(F)cnn1Cc1ccccc1. The van der Waals surface area contributed by atoms with E-state index in [1.165, 1.54) is 0 Å². The van der Waals surface area contributed by atoms with Crippen molar-refractivity contribution in [3.05, 3.63) is 63.3 Å². The van der Waals surface area contributed by atoms with Gasteiger partial charge in [-0.2, -0.15) is 5.10 Å². The highest BCUT2D eigenvalue weighted by Crippen LogP contribution is 2.06. The third-order valence-corrected chi connectivity index (χ3v) is 2.46. The molecule has 0 radical (unpaired) electrons. The van der Waals surface area contributed by atoms with Crippen molar-refractivity contribution in [2.24, 2.45) is 0 Å². The van der Waals surface area contributed by atoms with E-state index in [1.807, 2.05) is 30.3 Å². The molecule has 0 aliphatic heterocycles. The molecule has 5 heteroatoms. The molecule has 16 heavy (non-hydrogen) atoms.